The molecule has 0 fully saturated rings. The zero-order valence-electron chi connectivity index (χ0n) is 15.4. The number of rotatable bonds is 14. The summed E-state index contributed by atoms with van der Waals surface area (Å²) in [4.78, 5) is 6.52. The van der Waals surface area contributed by atoms with Gasteiger partial charge in [-0.3, -0.25) is 4.99 Å². The second-order valence-electron chi connectivity index (χ2n) is 5.39. The molecule has 2 N–H and O–H groups in total. The summed E-state index contributed by atoms with van der Waals surface area (Å²) in [5, 5.41) is 6.63. The minimum atomic E-state index is 0. The zero-order valence-corrected chi connectivity index (χ0v) is 17.7. The van der Waals surface area contributed by atoms with E-state index >= 15 is 0 Å². The number of methoxy groups -OCH3 is 1. The van der Waals surface area contributed by atoms with Crippen molar-refractivity contribution >= 4 is 29.9 Å². The van der Waals surface area contributed by atoms with Gasteiger partial charge in [-0.05, 0) is 26.3 Å². The number of likely N-dealkylation sites (N-methyl/N-ethyl adjacent to an activating group) is 1. The SMILES string of the molecule is CCCCOCCCNC(=NC)NCCN(C)CCCOC.I. The molecule has 0 radical (unpaired) electrons. The standard InChI is InChI=1S/C16H36N4O2.HI/c1-5-6-14-22-15-7-9-18-16(17-2)19-10-12-20(3)11-8-13-21-4;/h5-15H2,1-4H3,(H2,17,18,19);1H. The molecule has 0 aromatic rings. The highest BCUT2D eigenvalue weighted by molar-refractivity contribution is 14.0. The van der Waals surface area contributed by atoms with Crippen LogP contribution in [0.3, 0.4) is 0 Å². The molecule has 140 valence electrons. The Morgan fingerprint density at radius 3 is 2.35 bits per heavy atom. The first kappa shape index (κ1) is 25.1. The third kappa shape index (κ3) is 18.1. The molecule has 0 aromatic carbocycles. The summed E-state index contributed by atoms with van der Waals surface area (Å²) >= 11 is 0. The number of guanidine groups is 1. The summed E-state index contributed by atoms with van der Waals surface area (Å²) in [5.74, 6) is 0.860. The first-order valence-electron chi connectivity index (χ1n) is 8.44. The van der Waals surface area contributed by atoms with Gasteiger partial charge in [-0.2, -0.15) is 0 Å². The van der Waals surface area contributed by atoms with Gasteiger partial charge in [0.2, 0.25) is 0 Å². The van der Waals surface area contributed by atoms with Gasteiger partial charge in [0.25, 0.3) is 0 Å². The number of nitrogens with zero attached hydrogens (tertiary/aromatic N) is 2. The van der Waals surface area contributed by atoms with Crippen LogP contribution in [0, 0.1) is 0 Å². The van der Waals surface area contributed by atoms with E-state index in [4.69, 9.17) is 9.47 Å². The molecular formula is C16H37IN4O2. The van der Waals surface area contributed by atoms with Crippen LogP contribution in [0.1, 0.15) is 32.6 Å². The number of nitrogens with one attached hydrogen (secondary N) is 2. The second-order valence-corrected chi connectivity index (χ2v) is 5.39. The van der Waals surface area contributed by atoms with Gasteiger partial charge in [-0.25, -0.2) is 0 Å². The maximum Gasteiger partial charge on any atom is 0.191 e. The van der Waals surface area contributed by atoms with Gasteiger partial charge in [0, 0.05) is 60.2 Å². The number of halogens is 1. The molecule has 0 aliphatic rings. The van der Waals surface area contributed by atoms with Crippen molar-refractivity contribution in [1.82, 2.24) is 15.5 Å². The van der Waals surface area contributed by atoms with E-state index in [1.807, 2.05) is 0 Å². The van der Waals surface area contributed by atoms with Crippen molar-refractivity contribution in [3.05, 3.63) is 0 Å². The van der Waals surface area contributed by atoms with Crippen LogP contribution < -0.4 is 10.6 Å². The summed E-state index contributed by atoms with van der Waals surface area (Å²) in [6.45, 7) is 8.49. The Kier molecular flexibility index (Phi) is 21.8. The molecule has 0 heterocycles. The number of aliphatic imine (C=N–C) groups is 1. The molecule has 0 aliphatic heterocycles. The predicted octanol–water partition coefficient (Wildman–Crippen LogP) is 1.94. The van der Waals surface area contributed by atoms with Crippen LogP contribution in [-0.4, -0.2) is 78.1 Å². The minimum Gasteiger partial charge on any atom is -0.385 e. The van der Waals surface area contributed by atoms with Crippen LogP contribution >= 0.6 is 24.0 Å². The molecule has 0 unspecified atom stereocenters. The summed E-state index contributed by atoms with van der Waals surface area (Å²) in [7, 11) is 5.67. The van der Waals surface area contributed by atoms with Crippen molar-refractivity contribution in [1.29, 1.82) is 0 Å². The van der Waals surface area contributed by atoms with Gasteiger partial charge < -0.3 is 25.0 Å². The Hall–Kier alpha value is -0.120. The average molecular weight is 444 g/mol. The summed E-state index contributed by atoms with van der Waals surface area (Å²) in [6, 6.07) is 0. The molecule has 0 rings (SSSR count). The molecule has 7 heteroatoms. The quantitative estimate of drug-likeness (QED) is 0.186. The van der Waals surface area contributed by atoms with Gasteiger partial charge in [0.1, 0.15) is 0 Å². The van der Waals surface area contributed by atoms with E-state index in [2.05, 4.69) is 34.5 Å². The minimum absolute atomic E-state index is 0. The van der Waals surface area contributed by atoms with E-state index in [9.17, 15) is 0 Å². The third-order valence-electron chi connectivity index (χ3n) is 3.30. The number of hydrogen-bond donors (Lipinski definition) is 2. The Labute approximate surface area is 159 Å². The molecular weight excluding hydrogens is 407 g/mol. The fourth-order valence-electron chi connectivity index (χ4n) is 1.91. The van der Waals surface area contributed by atoms with Crippen molar-refractivity contribution in [3.63, 3.8) is 0 Å². The van der Waals surface area contributed by atoms with E-state index in [1.54, 1.807) is 14.2 Å². The Morgan fingerprint density at radius 1 is 1.00 bits per heavy atom. The molecule has 0 aromatic heterocycles. The Balaban J connectivity index is 0. The van der Waals surface area contributed by atoms with Crippen molar-refractivity contribution in [2.45, 2.75) is 32.6 Å². The topological polar surface area (TPSA) is 58.1 Å². The molecule has 0 aliphatic carbocycles. The van der Waals surface area contributed by atoms with Gasteiger partial charge in [-0.1, -0.05) is 13.3 Å². The van der Waals surface area contributed by atoms with Crippen LogP contribution in [0.2, 0.25) is 0 Å². The fourth-order valence-corrected chi connectivity index (χ4v) is 1.91. The molecule has 0 atom stereocenters. The van der Waals surface area contributed by atoms with E-state index in [0.717, 1.165) is 71.2 Å². The lowest BCUT2D eigenvalue weighted by Gasteiger charge is -2.18. The van der Waals surface area contributed by atoms with Gasteiger partial charge in [0.05, 0.1) is 0 Å². The smallest absolute Gasteiger partial charge is 0.191 e. The molecule has 6 nitrogen and oxygen atoms in total. The Morgan fingerprint density at radius 2 is 1.70 bits per heavy atom. The van der Waals surface area contributed by atoms with Gasteiger partial charge >= 0.3 is 0 Å². The highest BCUT2D eigenvalue weighted by Gasteiger charge is 2.00. The summed E-state index contributed by atoms with van der Waals surface area (Å²) < 4.78 is 10.6. The van der Waals surface area contributed by atoms with Crippen molar-refractivity contribution < 1.29 is 9.47 Å². The summed E-state index contributed by atoms with van der Waals surface area (Å²) in [6.07, 6.45) is 4.41. The van der Waals surface area contributed by atoms with E-state index in [1.165, 1.54) is 6.42 Å². The van der Waals surface area contributed by atoms with E-state index < -0.39 is 0 Å². The average Bonchev–Trinajstić information content (AvgIpc) is 2.52. The van der Waals surface area contributed by atoms with Gasteiger partial charge in [-0.15, -0.1) is 24.0 Å². The van der Waals surface area contributed by atoms with Crippen LogP contribution in [0.5, 0.6) is 0 Å². The number of unbranched alkanes of at least 4 members (excludes halogenated alkanes) is 1. The summed E-state index contributed by atoms with van der Waals surface area (Å²) in [5.41, 5.74) is 0. The fraction of sp³-hybridized carbons (Fsp3) is 0.938. The third-order valence-corrected chi connectivity index (χ3v) is 3.30. The zero-order chi connectivity index (χ0) is 16.5. The number of hydrogen-bond acceptors (Lipinski definition) is 4. The van der Waals surface area contributed by atoms with Crippen LogP contribution in [0.15, 0.2) is 4.99 Å². The monoisotopic (exact) mass is 444 g/mol. The lowest BCUT2D eigenvalue weighted by atomic mass is 10.4. The molecule has 0 spiro atoms. The van der Waals surface area contributed by atoms with E-state index in [-0.39, 0.29) is 24.0 Å². The predicted molar refractivity (Wildman–Crippen MR) is 109 cm³/mol. The largest absolute Gasteiger partial charge is 0.385 e. The first-order chi connectivity index (χ1) is 10.7. The lowest BCUT2D eigenvalue weighted by Crippen LogP contribution is -2.41. The normalized spacial score (nSPS) is 11.4. The number of ether oxygens (including phenoxy) is 2. The Bertz CT molecular complexity index is 268. The molecule has 0 amide bonds. The molecule has 23 heavy (non-hydrogen) atoms. The molecule has 0 bridgehead atoms. The van der Waals surface area contributed by atoms with Crippen molar-refractivity contribution in [3.8, 4) is 0 Å². The first-order valence-corrected chi connectivity index (χ1v) is 8.44. The highest BCUT2D eigenvalue weighted by atomic mass is 127. The second kappa shape index (κ2) is 19.9. The van der Waals surface area contributed by atoms with Crippen LogP contribution in [-0.2, 0) is 9.47 Å². The van der Waals surface area contributed by atoms with Crippen molar-refractivity contribution in [2.24, 2.45) is 4.99 Å². The van der Waals surface area contributed by atoms with E-state index in [0.29, 0.717) is 0 Å². The highest BCUT2D eigenvalue weighted by Crippen LogP contribution is 1.89. The maximum atomic E-state index is 5.53. The van der Waals surface area contributed by atoms with Gasteiger partial charge in [0.15, 0.2) is 5.96 Å². The lowest BCUT2D eigenvalue weighted by molar-refractivity contribution is 0.129. The van der Waals surface area contributed by atoms with Crippen molar-refractivity contribution in [2.75, 3.05) is 67.2 Å². The van der Waals surface area contributed by atoms with Crippen LogP contribution in [0.4, 0.5) is 0 Å². The molecule has 0 saturated heterocycles. The van der Waals surface area contributed by atoms with Crippen LogP contribution in [0.25, 0.3) is 0 Å². The molecule has 0 saturated carbocycles. The maximum absolute atomic E-state index is 5.53.